The average molecular weight is 297 g/mol. The molecule has 0 bridgehead atoms. The van der Waals surface area contributed by atoms with Crippen molar-refractivity contribution in [1.82, 2.24) is 10.9 Å². The van der Waals surface area contributed by atoms with Gasteiger partial charge in [-0.1, -0.05) is 0 Å². The first-order valence-electron chi connectivity index (χ1n) is 6.28. The Labute approximate surface area is 123 Å². The summed E-state index contributed by atoms with van der Waals surface area (Å²) < 4.78 is 5.32. The minimum atomic E-state index is -0.690. The number of nitrogens with one attached hydrogen (secondary N) is 3. The number of carbonyl (C=O) groups excluding carboxylic acids is 1. The third-order valence-electron chi connectivity index (χ3n) is 2.22. The molecule has 1 aromatic carbocycles. The zero-order chi connectivity index (χ0) is 15.0. The van der Waals surface area contributed by atoms with Crippen LogP contribution in [0.5, 0.6) is 5.75 Å². The summed E-state index contributed by atoms with van der Waals surface area (Å²) in [4.78, 5) is 11.3. The fourth-order valence-electron chi connectivity index (χ4n) is 1.41. The molecule has 7 heteroatoms. The summed E-state index contributed by atoms with van der Waals surface area (Å²) >= 11 is 5.02. The molecule has 0 unspecified atom stereocenters. The Morgan fingerprint density at radius 2 is 2.00 bits per heavy atom. The van der Waals surface area contributed by atoms with Crippen LogP contribution in [0.1, 0.15) is 20.3 Å². The number of rotatable bonds is 5. The summed E-state index contributed by atoms with van der Waals surface area (Å²) in [7, 11) is 0. The number of benzene rings is 1. The molecule has 1 amide bonds. The van der Waals surface area contributed by atoms with E-state index in [9.17, 15) is 4.79 Å². The van der Waals surface area contributed by atoms with Gasteiger partial charge in [0.15, 0.2) is 5.11 Å². The average Bonchev–Trinajstić information content (AvgIpc) is 2.38. The number of aliphatic hydroxyl groups is 1. The Balaban J connectivity index is 2.36. The van der Waals surface area contributed by atoms with Gasteiger partial charge in [0.25, 0.3) is 0 Å². The van der Waals surface area contributed by atoms with Crippen LogP contribution in [0, 0.1) is 0 Å². The van der Waals surface area contributed by atoms with Gasteiger partial charge in [0.1, 0.15) is 5.75 Å². The second kappa shape index (κ2) is 8.34. The second-order valence-corrected chi connectivity index (χ2v) is 4.55. The summed E-state index contributed by atoms with van der Waals surface area (Å²) in [6.07, 6.45) is -0.678. The Morgan fingerprint density at radius 3 is 2.55 bits per heavy atom. The van der Waals surface area contributed by atoms with Crippen molar-refractivity contribution in [2.75, 3.05) is 11.9 Å². The van der Waals surface area contributed by atoms with E-state index in [1.807, 2.05) is 31.2 Å². The van der Waals surface area contributed by atoms with E-state index in [1.54, 1.807) is 0 Å². The molecule has 0 radical (unpaired) electrons. The van der Waals surface area contributed by atoms with E-state index in [0.29, 0.717) is 6.61 Å². The maximum absolute atomic E-state index is 11.3. The van der Waals surface area contributed by atoms with Gasteiger partial charge in [-0.2, -0.15) is 0 Å². The highest BCUT2D eigenvalue weighted by molar-refractivity contribution is 7.80. The molecular weight excluding hydrogens is 278 g/mol. The molecule has 0 heterocycles. The highest BCUT2D eigenvalue weighted by Crippen LogP contribution is 2.15. The van der Waals surface area contributed by atoms with Gasteiger partial charge in [-0.15, -0.1) is 0 Å². The third kappa shape index (κ3) is 6.35. The fourth-order valence-corrected chi connectivity index (χ4v) is 1.58. The zero-order valence-electron chi connectivity index (χ0n) is 11.5. The smallest absolute Gasteiger partial charge is 0.240 e. The molecule has 0 aliphatic rings. The minimum absolute atomic E-state index is 0.0126. The van der Waals surface area contributed by atoms with E-state index >= 15 is 0 Å². The zero-order valence-corrected chi connectivity index (χ0v) is 12.3. The number of thiocarbonyl (C=S) groups is 1. The number of ether oxygens (including phenoxy) is 1. The first-order chi connectivity index (χ1) is 9.51. The van der Waals surface area contributed by atoms with Crippen LogP contribution >= 0.6 is 12.2 Å². The molecule has 0 saturated carbocycles. The first kappa shape index (κ1) is 16.2. The van der Waals surface area contributed by atoms with Crippen molar-refractivity contribution >= 4 is 28.9 Å². The lowest BCUT2D eigenvalue weighted by molar-refractivity contribution is -0.123. The standard InChI is InChI=1S/C13H19N3O3S/c1-3-19-11-6-4-10(5-7-11)14-13(20)16-15-12(18)8-9(2)17/h4-7,9,17H,3,8H2,1-2H3,(H,15,18)(H2,14,16,20)/t9-/m0/s1. The van der Waals surface area contributed by atoms with Gasteiger partial charge in [0.2, 0.25) is 5.91 Å². The molecule has 1 aromatic rings. The lowest BCUT2D eigenvalue weighted by atomic mass is 10.3. The van der Waals surface area contributed by atoms with Gasteiger partial charge >= 0.3 is 0 Å². The van der Waals surface area contributed by atoms with Crippen molar-refractivity contribution in [2.24, 2.45) is 0 Å². The summed E-state index contributed by atoms with van der Waals surface area (Å²) in [6, 6.07) is 7.27. The van der Waals surface area contributed by atoms with Gasteiger partial charge in [-0.3, -0.25) is 15.6 Å². The van der Waals surface area contributed by atoms with E-state index in [2.05, 4.69) is 16.2 Å². The maximum Gasteiger partial charge on any atom is 0.240 e. The number of hydrogen-bond donors (Lipinski definition) is 4. The van der Waals surface area contributed by atoms with Crippen molar-refractivity contribution in [3.63, 3.8) is 0 Å². The Hall–Kier alpha value is -1.86. The Morgan fingerprint density at radius 1 is 1.35 bits per heavy atom. The van der Waals surface area contributed by atoms with E-state index < -0.39 is 6.10 Å². The number of anilines is 1. The van der Waals surface area contributed by atoms with Crippen LogP contribution in [0.25, 0.3) is 0 Å². The number of aliphatic hydroxyl groups excluding tert-OH is 1. The summed E-state index contributed by atoms with van der Waals surface area (Å²) in [5.41, 5.74) is 5.72. The van der Waals surface area contributed by atoms with Gasteiger partial charge in [-0.05, 0) is 50.3 Å². The summed E-state index contributed by atoms with van der Waals surface area (Å²) in [5, 5.41) is 12.2. The molecule has 1 rings (SSSR count). The highest BCUT2D eigenvalue weighted by atomic mass is 32.1. The predicted molar refractivity (Wildman–Crippen MR) is 81.4 cm³/mol. The van der Waals surface area contributed by atoms with Crippen molar-refractivity contribution in [2.45, 2.75) is 26.4 Å². The van der Waals surface area contributed by atoms with Gasteiger partial charge < -0.3 is 15.2 Å². The molecule has 6 nitrogen and oxygen atoms in total. The molecule has 4 N–H and O–H groups in total. The molecule has 0 saturated heterocycles. The number of hydrazine groups is 1. The maximum atomic E-state index is 11.3. The van der Waals surface area contributed by atoms with Crippen molar-refractivity contribution in [3.05, 3.63) is 24.3 Å². The number of amides is 1. The minimum Gasteiger partial charge on any atom is -0.494 e. The van der Waals surface area contributed by atoms with E-state index in [-0.39, 0.29) is 17.4 Å². The largest absolute Gasteiger partial charge is 0.494 e. The molecule has 0 fully saturated rings. The normalized spacial score (nSPS) is 11.3. The van der Waals surface area contributed by atoms with E-state index in [0.717, 1.165) is 11.4 Å². The predicted octanol–water partition coefficient (Wildman–Crippen LogP) is 1.17. The molecule has 0 aliphatic heterocycles. The molecule has 1 atom stereocenters. The van der Waals surface area contributed by atoms with Crippen LogP contribution in [0.4, 0.5) is 5.69 Å². The highest BCUT2D eigenvalue weighted by Gasteiger charge is 2.06. The quantitative estimate of drug-likeness (QED) is 0.482. The molecular formula is C13H19N3O3S. The summed E-state index contributed by atoms with van der Waals surface area (Å²) in [6.45, 7) is 4.07. The summed E-state index contributed by atoms with van der Waals surface area (Å²) in [5.74, 6) is 0.443. The second-order valence-electron chi connectivity index (χ2n) is 4.14. The van der Waals surface area contributed by atoms with Crippen LogP contribution in [0.2, 0.25) is 0 Å². The molecule has 20 heavy (non-hydrogen) atoms. The Kier molecular flexibility index (Phi) is 6.75. The molecule has 0 aromatic heterocycles. The monoisotopic (exact) mass is 297 g/mol. The third-order valence-corrected chi connectivity index (χ3v) is 2.42. The number of hydrogen-bond acceptors (Lipinski definition) is 4. The van der Waals surface area contributed by atoms with Gasteiger partial charge in [0.05, 0.1) is 19.1 Å². The van der Waals surface area contributed by atoms with Crippen molar-refractivity contribution in [3.8, 4) is 5.75 Å². The van der Waals surface area contributed by atoms with Crippen LogP contribution in [0.3, 0.4) is 0 Å². The topological polar surface area (TPSA) is 82.6 Å². The van der Waals surface area contributed by atoms with E-state index in [1.165, 1.54) is 6.92 Å². The lowest BCUT2D eigenvalue weighted by Crippen LogP contribution is -2.44. The molecule has 0 spiro atoms. The molecule has 110 valence electrons. The van der Waals surface area contributed by atoms with Gasteiger partial charge in [-0.25, -0.2) is 0 Å². The molecule has 0 aliphatic carbocycles. The SMILES string of the molecule is CCOc1ccc(NC(=S)NNC(=O)C[C@H](C)O)cc1. The van der Waals surface area contributed by atoms with Crippen LogP contribution in [0.15, 0.2) is 24.3 Å². The van der Waals surface area contributed by atoms with Crippen LogP contribution in [-0.2, 0) is 4.79 Å². The van der Waals surface area contributed by atoms with Crippen LogP contribution < -0.4 is 20.9 Å². The Bertz CT molecular complexity index is 449. The van der Waals surface area contributed by atoms with E-state index in [4.69, 9.17) is 22.1 Å². The first-order valence-corrected chi connectivity index (χ1v) is 6.69. The van der Waals surface area contributed by atoms with Gasteiger partial charge in [0, 0.05) is 5.69 Å². The van der Waals surface area contributed by atoms with Crippen LogP contribution in [-0.4, -0.2) is 28.8 Å². The van der Waals surface area contributed by atoms with Crippen molar-refractivity contribution < 1.29 is 14.6 Å². The number of carbonyl (C=O) groups is 1. The fraction of sp³-hybridized carbons (Fsp3) is 0.385. The lowest BCUT2D eigenvalue weighted by Gasteiger charge is -2.12. The van der Waals surface area contributed by atoms with Crippen molar-refractivity contribution in [1.29, 1.82) is 0 Å².